The molecular formula is C60H40N4. The molecule has 0 fully saturated rings. The molecule has 3 heterocycles. The molecule has 0 amide bonds. The smallest absolute Gasteiger partial charge is 0.165 e. The standard InChI is InChI=1S/C60H40N4/c1-4-16-41(17-5-1)44-30-32-45(33-31-44)59-62-58-53(47-23-15-24-51(40-47)63-56-28-12-10-26-54(56)55-27-11-13-29-57(55)63)34-35-61-60(58)64(59)52-25-14-22-46(39-52)50-37-48(42-18-6-2-7-19-42)36-49(38-50)43-20-8-3-9-21-43/h1-40H. The average Bonchev–Trinajstić information content (AvgIpc) is 3.94. The van der Waals surface area contributed by atoms with E-state index in [1.54, 1.807) is 0 Å². The van der Waals surface area contributed by atoms with Crippen molar-refractivity contribution in [2.24, 2.45) is 0 Å². The van der Waals surface area contributed by atoms with Crippen LogP contribution < -0.4 is 0 Å². The maximum absolute atomic E-state index is 5.53. The third-order valence-electron chi connectivity index (χ3n) is 12.4. The molecule has 0 radical (unpaired) electrons. The summed E-state index contributed by atoms with van der Waals surface area (Å²) in [6.07, 6.45) is 1.92. The second kappa shape index (κ2) is 15.7. The normalized spacial score (nSPS) is 11.4. The largest absolute Gasteiger partial charge is 0.309 e. The Hall–Kier alpha value is -8.60. The molecular weight excluding hydrogens is 777 g/mol. The van der Waals surface area contributed by atoms with Gasteiger partial charge in [-0.3, -0.25) is 4.57 Å². The fourth-order valence-corrected chi connectivity index (χ4v) is 9.31. The molecule has 12 rings (SSSR count). The van der Waals surface area contributed by atoms with E-state index in [4.69, 9.17) is 9.97 Å². The Bertz CT molecular complexity index is 3530. The van der Waals surface area contributed by atoms with Crippen molar-refractivity contribution in [2.45, 2.75) is 0 Å². The number of hydrogen-bond acceptors (Lipinski definition) is 2. The Labute approximate surface area is 371 Å². The number of hydrogen-bond donors (Lipinski definition) is 0. The van der Waals surface area contributed by atoms with E-state index >= 15 is 0 Å². The van der Waals surface area contributed by atoms with Crippen LogP contribution in [-0.4, -0.2) is 19.1 Å². The first-order valence-electron chi connectivity index (χ1n) is 21.7. The molecule has 0 N–H and O–H groups in total. The highest BCUT2D eigenvalue weighted by Crippen LogP contribution is 2.39. The van der Waals surface area contributed by atoms with E-state index in [1.165, 1.54) is 49.6 Å². The molecule has 0 aliphatic heterocycles. The van der Waals surface area contributed by atoms with Gasteiger partial charge >= 0.3 is 0 Å². The van der Waals surface area contributed by atoms with Gasteiger partial charge in [0, 0.05) is 39.5 Å². The van der Waals surface area contributed by atoms with Gasteiger partial charge in [-0.25, -0.2) is 9.97 Å². The highest BCUT2D eigenvalue weighted by molar-refractivity contribution is 6.09. The lowest BCUT2D eigenvalue weighted by molar-refractivity contribution is 1.08. The Kier molecular flexibility index (Phi) is 9.12. The van der Waals surface area contributed by atoms with Gasteiger partial charge in [-0.15, -0.1) is 0 Å². The predicted octanol–water partition coefficient (Wildman–Crippen LogP) is 15.5. The van der Waals surface area contributed by atoms with E-state index in [-0.39, 0.29) is 0 Å². The molecule has 0 bridgehead atoms. The van der Waals surface area contributed by atoms with Crippen molar-refractivity contribution in [1.29, 1.82) is 0 Å². The topological polar surface area (TPSA) is 35.6 Å². The molecule has 0 saturated heterocycles. The quantitative estimate of drug-likeness (QED) is 0.153. The number of nitrogens with zero attached hydrogens (tertiary/aromatic N) is 4. The van der Waals surface area contributed by atoms with E-state index in [0.29, 0.717) is 0 Å². The molecule has 0 spiro atoms. The number of pyridine rings is 1. The van der Waals surface area contributed by atoms with E-state index < -0.39 is 0 Å². The summed E-state index contributed by atoms with van der Waals surface area (Å²) in [5.74, 6) is 0.827. The van der Waals surface area contributed by atoms with Crippen LogP contribution in [0.15, 0.2) is 243 Å². The van der Waals surface area contributed by atoms with Crippen molar-refractivity contribution in [3.05, 3.63) is 243 Å². The van der Waals surface area contributed by atoms with Gasteiger partial charge in [0.1, 0.15) is 11.3 Å². The molecule has 300 valence electrons. The summed E-state index contributed by atoms with van der Waals surface area (Å²) in [5, 5.41) is 2.48. The summed E-state index contributed by atoms with van der Waals surface area (Å²) in [6, 6.07) is 84.4. The number of rotatable bonds is 8. The van der Waals surface area contributed by atoms with Crippen molar-refractivity contribution in [3.8, 4) is 78.4 Å². The van der Waals surface area contributed by atoms with Gasteiger partial charge < -0.3 is 4.57 Å². The summed E-state index contributed by atoms with van der Waals surface area (Å²) < 4.78 is 4.60. The molecule has 9 aromatic carbocycles. The Morgan fingerprint density at radius 3 is 1.33 bits per heavy atom. The molecule has 4 nitrogen and oxygen atoms in total. The Morgan fingerprint density at radius 2 is 0.734 bits per heavy atom. The van der Waals surface area contributed by atoms with Crippen LogP contribution in [0, 0.1) is 0 Å². The van der Waals surface area contributed by atoms with Crippen molar-refractivity contribution in [2.75, 3.05) is 0 Å². The maximum Gasteiger partial charge on any atom is 0.165 e. The highest BCUT2D eigenvalue weighted by Gasteiger charge is 2.21. The van der Waals surface area contributed by atoms with Gasteiger partial charge in [0.15, 0.2) is 5.65 Å². The van der Waals surface area contributed by atoms with E-state index in [9.17, 15) is 0 Å². The van der Waals surface area contributed by atoms with Gasteiger partial charge in [0.05, 0.1) is 11.0 Å². The minimum absolute atomic E-state index is 0.794. The van der Waals surface area contributed by atoms with Crippen LogP contribution >= 0.6 is 0 Å². The minimum atomic E-state index is 0.794. The molecule has 0 saturated carbocycles. The molecule has 0 aliphatic rings. The third kappa shape index (κ3) is 6.57. The van der Waals surface area contributed by atoms with Crippen LogP contribution in [0.5, 0.6) is 0 Å². The average molecular weight is 817 g/mol. The first-order valence-corrected chi connectivity index (χ1v) is 21.7. The summed E-state index contributed by atoms with van der Waals surface area (Å²) in [5.41, 5.74) is 18.4. The predicted molar refractivity (Wildman–Crippen MR) is 266 cm³/mol. The molecule has 0 unspecified atom stereocenters. The zero-order valence-corrected chi connectivity index (χ0v) is 34.9. The van der Waals surface area contributed by atoms with E-state index in [2.05, 4.69) is 246 Å². The molecule has 0 atom stereocenters. The van der Waals surface area contributed by atoms with Crippen molar-refractivity contribution in [3.63, 3.8) is 0 Å². The second-order valence-corrected chi connectivity index (χ2v) is 16.2. The molecule has 64 heavy (non-hydrogen) atoms. The molecule has 4 heteroatoms. The van der Waals surface area contributed by atoms with Crippen LogP contribution in [-0.2, 0) is 0 Å². The number of aromatic nitrogens is 4. The fourth-order valence-electron chi connectivity index (χ4n) is 9.31. The Balaban J connectivity index is 1.04. The van der Waals surface area contributed by atoms with Gasteiger partial charge in [0.2, 0.25) is 0 Å². The SMILES string of the molecule is c1ccc(-c2ccc(-c3nc4c(-c5cccc(-n6c7ccccc7c7ccccc76)c5)ccnc4n3-c3cccc(-c4cc(-c5ccccc5)cc(-c5ccccc5)c4)c3)cc2)cc1. The van der Waals surface area contributed by atoms with E-state index in [0.717, 1.165) is 61.7 Å². The zero-order valence-electron chi connectivity index (χ0n) is 34.9. The maximum atomic E-state index is 5.53. The van der Waals surface area contributed by atoms with Gasteiger partial charge in [0.25, 0.3) is 0 Å². The van der Waals surface area contributed by atoms with E-state index in [1.807, 2.05) is 6.20 Å². The molecule has 12 aromatic rings. The van der Waals surface area contributed by atoms with Crippen LogP contribution in [0.4, 0.5) is 0 Å². The molecule has 0 aliphatic carbocycles. The summed E-state index contributed by atoms with van der Waals surface area (Å²) in [4.78, 5) is 10.6. The number of para-hydroxylation sites is 2. The summed E-state index contributed by atoms with van der Waals surface area (Å²) in [7, 11) is 0. The van der Waals surface area contributed by atoms with Gasteiger partial charge in [-0.2, -0.15) is 0 Å². The Morgan fingerprint density at radius 1 is 0.297 bits per heavy atom. The lowest BCUT2D eigenvalue weighted by atomic mass is 9.93. The monoisotopic (exact) mass is 816 g/mol. The number of fused-ring (bicyclic) bond motifs is 4. The first-order chi connectivity index (χ1) is 31.7. The zero-order chi connectivity index (χ0) is 42.4. The van der Waals surface area contributed by atoms with Crippen molar-refractivity contribution < 1.29 is 0 Å². The summed E-state index contributed by atoms with van der Waals surface area (Å²) in [6.45, 7) is 0. The second-order valence-electron chi connectivity index (χ2n) is 16.2. The first kappa shape index (κ1) is 37.2. The molecule has 3 aromatic heterocycles. The van der Waals surface area contributed by atoms with Crippen molar-refractivity contribution >= 4 is 33.0 Å². The fraction of sp³-hybridized carbons (Fsp3) is 0. The van der Waals surface area contributed by atoms with Crippen LogP contribution in [0.3, 0.4) is 0 Å². The summed E-state index contributed by atoms with van der Waals surface area (Å²) >= 11 is 0. The van der Waals surface area contributed by atoms with Crippen LogP contribution in [0.2, 0.25) is 0 Å². The van der Waals surface area contributed by atoms with Crippen LogP contribution in [0.1, 0.15) is 0 Å². The van der Waals surface area contributed by atoms with Crippen LogP contribution in [0.25, 0.3) is 111 Å². The van der Waals surface area contributed by atoms with Crippen molar-refractivity contribution in [1.82, 2.24) is 19.1 Å². The number of imidazole rings is 1. The lowest BCUT2D eigenvalue weighted by Gasteiger charge is -2.14. The van der Waals surface area contributed by atoms with Gasteiger partial charge in [-0.1, -0.05) is 176 Å². The third-order valence-corrected chi connectivity index (χ3v) is 12.4. The lowest BCUT2D eigenvalue weighted by Crippen LogP contribution is -1.99. The van der Waals surface area contributed by atoms with Gasteiger partial charge in [-0.05, 0) is 111 Å². The minimum Gasteiger partial charge on any atom is -0.309 e. The highest BCUT2D eigenvalue weighted by atomic mass is 15.1. The number of benzene rings is 9.